The van der Waals surface area contributed by atoms with Gasteiger partial charge in [-0.25, -0.2) is 8.42 Å². The molecular formula is C11H7ClN2O4S. The third-order valence-electron chi connectivity index (χ3n) is 2.03. The summed E-state index contributed by atoms with van der Waals surface area (Å²) in [6.07, 6.45) is 0.498. The van der Waals surface area contributed by atoms with Gasteiger partial charge in [0.15, 0.2) is 0 Å². The Morgan fingerprint density at radius 3 is 2.58 bits per heavy atom. The van der Waals surface area contributed by atoms with Crippen LogP contribution >= 0.6 is 10.7 Å². The van der Waals surface area contributed by atoms with E-state index in [1.807, 2.05) is 6.07 Å². The fourth-order valence-corrected chi connectivity index (χ4v) is 1.97. The predicted octanol–water partition coefficient (Wildman–Crippen LogP) is 2.18. The highest BCUT2D eigenvalue weighted by Gasteiger charge is 2.18. The van der Waals surface area contributed by atoms with E-state index in [4.69, 9.17) is 15.9 Å². The first-order valence-electron chi connectivity index (χ1n) is 4.95. The van der Waals surface area contributed by atoms with Crippen molar-refractivity contribution in [2.45, 2.75) is 17.7 Å². The molecule has 1 aromatic rings. The third-order valence-corrected chi connectivity index (χ3v) is 3.38. The molecule has 19 heavy (non-hydrogen) atoms. The highest BCUT2D eigenvalue weighted by Crippen LogP contribution is 2.24. The van der Waals surface area contributed by atoms with Gasteiger partial charge in [-0.1, -0.05) is 11.8 Å². The van der Waals surface area contributed by atoms with E-state index in [9.17, 15) is 18.5 Å². The fraction of sp³-hybridized carbons (Fsp3) is 0.182. The molecule has 0 bridgehead atoms. The first-order valence-corrected chi connectivity index (χ1v) is 7.26. The number of hydrogen-bond donors (Lipinski definition) is 0. The van der Waals surface area contributed by atoms with Gasteiger partial charge in [0.05, 0.1) is 15.9 Å². The van der Waals surface area contributed by atoms with E-state index in [1.54, 1.807) is 0 Å². The van der Waals surface area contributed by atoms with Gasteiger partial charge < -0.3 is 0 Å². The number of unbranched alkanes of at least 4 members (excludes halogenated alkanes) is 1. The number of nitro groups is 1. The maximum absolute atomic E-state index is 11.1. The molecule has 0 aromatic heterocycles. The summed E-state index contributed by atoms with van der Waals surface area (Å²) in [7, 11) is 1.08. The minimum atomic E-state index is -4.03. The van der Waals surface area contributed by atoms with Gasteiger partial charge >= 0.3 is 0 Å². The van der Waals surface area contributed by atoms with Gasteiger partial charge in [0.2, 0.25) is 0 Å². The molecular weight excluding hydrogens is 292 g/mol. The monoisotopic (exact) mass is 298 g/mol. The van der Waals surface area contributed by atoms with Crippen LogP contribution in [0.1, 0.15) is 18.4 Å². The molecule has 0 radical (unpaired) electrons. The van der Waals surface area contributed by atoms with Crippen molar-refractivity contribution in [3.05, 3.63) is 33.9 Å². The average Bonchev–Trinajstić information content (AvgIpc) is 2.33. The van der Waals surface area contributed by atoms with Crippen molar-refractivity contribution in [1.82, 2.24) is 0 Å². The summed E-state index contributed by atoms with van der Waals surface area (Å²) in [4.78, 5) is 9.74. The molecule has 0 aliphatic heterocycles. The number of rotatable bonds is 3. The van der Waals surface area contributed by atoms with Crippen molar-refractivity contribution in [2.75, 3.05) is 0 Å². The lowest BCUT2D eigenvalue weighted by atomic mass is 10.2. The lowest BCUT2D eigenvalue weighted by molar-refractivity contribution is -0.385. The van der Waals surface area contributed by atoms with Gasteiger partial charge in [-0.15, -0.1) is 0 Å². The fourth-order valence-electron chi connectivity index (χ4n) is 1.20. The highest BCUT2D eigenvalue weighted by atomic mass is 35.7. The van der Waals surface area contributed by atoms with E-state index >= 15 is 0 Å². The molecule has 0 atom stereocenters. The molecule has 6 nitrogen and oxygen atoms in total. The van der Waals surface area contributed by atoms with Crippen LogP contribution in [0.5, 0.6) is 0 Å². The molecule has 0 heterocycles. The largest absolute Gasteiger partial charge is 0.286 e. The lowest BCUT2D eigenvalue weighted by Gasteiger charge is -1.98. The van der Waals surface area contributed by atoms with E-state index in [0.717, 1.165) is 12.1 Å². The van der Waals surface area contributed by atoms with Crippen molar-refractivity contribution in [2.24, 2.45) is 0 Å². The molecule has 0 amide bonds. The van der Waals surface area contributed by atoms with E-state index in [-0.39, 0.29) is 23.3 Å². The van der Waals surface area contributed by atoms with Crippen molar-refractivity contribution in [3.63, 3.8) is 0 Å². The molecule has 0 unspecified atom stereocenters. The number of nitriles is 1. The molecule has 8 heteroatoms. The van der Waals surface area contributed by atoms with Gasteiger partial charge in [-0.3, -0.25) is 10.1 Å². The van der Waals surface area contributed by atoms with Crippen LogP contribution in [-0.2, 0) is 9.05 Å². The molecule has 0 fully saturated rings. The summed E-state index contributed by atoms with van der Waals surface area (Å²) >= 11 is 0. The Kier molecular flexibility index (Phi) is 4.87. The Morgan fingerprint density at radius 1 is 1.37 bits per heavy atom. The quantitative estimate of drug-likeness (QED) is 0.280. The van der Waals surface area contributed by atoms with Crippen molar-refractivity contribution < 1.29 is 13.3 Å². The minimum Gasteiger partial charge on any atom is -0.258 e. The molecule has 0 saturated carbocycles. The van der Waals surface area contributed by atoms with Crippen LogP contribution in [0.4, 0.5) is 5.69 Å². The molecule has 1 rings (SSSR count). The zero-order valence-electron chi connectivity index (χ0n) is 9.46. The maximum Gasteiger partial charge on any atom is 0.286 e. The Labute approximate surface area is 114 Å². The van der Waals surface area contributed by atoms with Crippen molar-refractivity contribution in [1.29, 1.82) is 5.26 Å². The summed E-state index contributed by atoms with van der Waals surface area (Å²) < 4.78 is 22.2. The molecule has 98 valence electrons. The Hall–Kier alpha value is -2.09. The second-order valence-corrected chi connectivity index (χ2v) is 5.90. The van der Waals surface area contributed by atoms with Gasteiger partial charge in [0.25, 0.3) is 14.7 Å². The summed E-state index contributed by atoms with van der Waals surface area (Å²) in [5, 5.41) is 19.2. The standard InChI is InChI=1S/C11H7ClN2O4S/c12-19(17,18)10-6-5-9(4-2-1-3-7-13)11(8-10)14(15)16/h5-6,8H,1,3H2. The minimum absolute atomic E-state index is 0.0759. The van der Waals surface area contributed by atoms with Crippen LogP contribution in [0.25, 0.3) is 0 Å². The Bertz CT molecular complexity index is 710. The van der Waals surface area contributed by atoms with E-state index in [0.29, 0.717) is 0 Å². The Balaban J connectivity index is 3.23. The number of hydrogen-bond acceptors (Lipinski definition) is 5. The van der Waals surface area contributed by atoms with Crippen LogP contribution < -0.4 is 0 Å². The first-order chi connectivity index (χ1) is 8.86. The SMILES string of the molecule is N#CCCC#Cc1ccc(S(=O)(=O)Cl)cc1[N+](=O)[O-]. The van der Waals surface area contributed by atoms with Crippen LogP contribution in [0, 0.1) is 33.3 Å². The van der Waals surface area contributed by atoms with E-state index in [2.05, 4.69) is 11.8 Å². The molecule has 0 aliphatic carbocycles. The zero-order valence-corrected chi connectivity index (χ0v) is 11.0. The van der Waals surface area contributed by atoms with Crippen LogP contribution in [0.3, 0.4) is 0 Å². The molecule has 0 aliphatic rings. The molecule has 0 spiro atoms. The van der Waals surface area contributed by atoms with Crippen LogP contribution in [-0.4, -0.2) is 13.3 Å². The highest BCUT2D eigenvalue weighted by molar-refractivity contribution is 8.13. The van der Waals surface area contributed by atoms with Crippen LogP contribution in [0.2, 0.25) is 0 Å². The van der Waals surface area contributed by atoms with Gasteiger partial charge in [0.1, 0.15) is 5.56 Å². The molecule has 0 N–H and O–H groups in total. The summed E-state index contributed by atoms with van der Waals surface area (Å²) in [6, 6.07) is 5.10. The zero-order chi connectivity index (χ0) is 14.5. The van der Waals surface area contributed by atoms with E-state index < -0.39 is 19.7 Å². The summed E-state index contributed by atoms with van der Waals surface area (Å²) in [6.45, 7) is 0. The summed E-state index contributed by atoms with van der Waals surface area (Å²) in [5.74, 6) is 5.12. The maximum atomic E-state index is 11.1. The third kappa shape index (κ3) is 4.25. The number of nitrogens with zero attached hydrogens (tertiary/aromatic N) is 2. The number of benzene rings is 1. The van der Waals surface area contributed by atoms with E-state index in [1.165, 1.54) is 6.07 Å². The second-order valence-electron chi connectivity index (χ2n) is 3.33. The van der Waals surface area contributed by atoms with Gasteiger partial charge in [-0.05, 0) is 12.1 Å². The van der Waals surface area contributed by atoms with Gasteiger partial charge in [-0.2, -0.15) is 5.26 Å². The average molecular weight is 299 g/mol. The van der Waals surface area contributed by atoms with Gasteiger partial charge in [0, 0.05) is 29.6 Å². The first kappa shape index (κ1) is 15.0. The van der Waals surface area contributed by atoms with Crippen molar-refractivity contribution >= 4 is 25.4 Å². The normalized spacial score (nSPS) is 10.1. The molecule has 1 aromatic carbocycles. The predicted molar refractivity (Wildman–Crippen MR) is 67.9 cm³/mol. The number of halogens is 1. The summed E-state index contributed by atoms with van der Waals surface area (Å²) in [5.41, 5.74) is -0.363. The Morgan fingerprint density at radius 2 is 2.05 bits per heavy atom. The smallest absolute Gasteiger partial charge is 0.258 e. The molecule has 0 saturated heterocycles. The number of nitro benzene ring substituents is 1. The lowest BCUT2D eigenvalue weighted by Crippen LogP contribution is -1.97. The van der Waals surface area contributed by atoms with Crippen LogP contribution in [0.15, 0.2) is 23.1 Å². The topological polar surface area (TPSA) is 101 Å². The second kappa shape index (κ2) is 6.19. The van der Waals surface area contributed by atoms with Crippen molar-refractivity contribution in [3.8, 4) is 17.9 Å².